The lowest BCUT2D eigenvalue weighted by atomic mass is 10.1. The second-order valence-corrected chi connectivity index (χ2v) is 5.69. The van der Waals surface area contributed by atoms with E-state index in [1.165, 1.54) is 0 Å². The van der Waals surface area contributed by atoms with Gasteiger partial charge >= 0.3 is 0 Å². The van der Waals surface area contributed by atoms with E-state index in [1.54, 1.807) is 32.5 Å². The van der Waals surface area contributed by atoms with Crippen LogP contribution in [-0.4, -0.2) is 25.0 Å². The lowest BCUT2D eigenvalue weighted by Gasteiger charge is -2.15. The van der Waals surface area contributed by atoms with Crippen LogP contribution < -0.4 is 14.8 Å². The number of nitrogens with one attached hydrogen (secondary N) is 1. The third-order valence-corrected chi connectivity index (χ3v) is 3.96. The molecule has 3 rings (SSSR count). The van der Waals surface area contributed by atoms with Gasteiger partial charge in [0.05, 0.1) is 19.8 Å². The number of methoxy groups -OCH3 is 2. The molecule has 6 heteroatoms. The summed E-state index contributed by atoms with van der Waals surface area (Å²) in [6.45, 7) is 0. The molecule has 0 unspecified atom stereocenters. The van der Waals surface area contributed by atoms with Gasteiger partial charge in [-0.05, 0) is 36.4 Å². The number of anilines is 1. The van der Waals surface area contributed by atoms with Crippen molar-refractivity contribution in [2.24, 2.45) is 4.99 Å². The summed E-state index contributed by atoms with van der Waals surface area (Å²) >= 11 is 6.18. The Morgan fingerprint density at radius 3 is 2.50 bits per heavy atom. The molecule has 0 atom stereocenters. The van der Waals surface area contributed by atoms with Gasteiger partial charge in [0.1, 0.15) is 23.0 Å². The average molecular weight is 368 g/mol. The van der Waals surface area contributed by atoms with E-state index in [9.17, 15) is 0 Å². The molecule has 3 aromatic rings. The predicted octanol–water partition coefficient (Wildman–Crippen LogP) is 4.94. The van der Waals surface area contributed by atoms with Crippen molar-refractivity contribution >= 4 is 28.8 Å². The van der Waals surface area contributed by atoms with E-state index in [0.717, 1.165) is 11.3 Å². The number of halogens is 1. The fraction of sp³-hybridized carbons (Fsp3) is 0.100. The van der Waals surface area contributed by atoms with Crippen LogP contribution in [0.4, 0.5) is 11.4 Å². The maximum atomic E-state index is 6.18. The third kappa shape index (κ3) is 4.13. The summed E-state index contributed by atoms with van der Waals surface area (Å²) in [5, 5.41) is 3.65. The molecule has 5 nitrogen and oxygen atoms in total. The molecule has 0 radical (unpaired) electrons. The Balaban J connectivity index is 2.10. The van der Waals surface area contributed by atoms with Crippen LogP contribution in [0.25, 0.3) is 0 Å². The number of hydrogen-bond donors (Lipinski definition) is 1. The van der Waals surface area contributed by atoms with Crippen molar-refractivity contribution in [3.8, 4) is 11.5 Å². The lowest BCUT2D eigenvalue weighted by Crippen LogP contribution is -2.14. The highest BCUT2D eigenvalue weighted by atomic mass is 35.5. The fourth-order valence-corrected chi connectivity index (χ4v) is 2.55. The molecule has 0 aliphatic rings. The SMILES string of the molecule is COc1ccc(C(=Nc2cccnc2Cl)Nc2ccccc2)c(OC)c1. The summed E-state index contributed by atoms with van der Waals surface area (Å²) in [6.07, 6.45) is 1.62. The number of hydrogen-bond acceptors (Lipinski definition) is 4. The Labute approximate surface area is 157 Å². The molecule has 1 aromatic heterocycles. The molecule has 1 N–H and O–H groups in total. The van der Waals surface area contributed by atoms with Crippen molar-refractivity contribution in [2.75, 3.05) is 19.5 Å². The number of pyridine rings is 1. The zero-order chi connectivity index (χ0) is 18.4. The molecule has 0 aliphatic heterocycles. The highest BCUT2D eigenvalue weighted by molar-refractivity contribution is 6.32. The molecule has 0 bridgehead atoms. The van der Waals surface area contributed by atoms with Gasteiger partial charge in [-0.1, -0.05) is 29.8 Å². The van der Waals surface area contributed by atoms with Crippen LogP contribution in [0.15, 0.2) is 71.9 Å². The molecular weight excluding hydrogens is 350 g/mol. The van der Waals surface area contributed by atoms with Crippen LogP contribution in [0.1, 0.15) is 5.56 Å². The second kappa shape index (κ2) is 8.36. The highest BCUT2D eigenvalue weighted by Gasteiger charge is 2.13. The smallest absolute Gasteiger partial charge is 0.154 e. The van der Waals surface area contributed by atoms with E-state index < -0.39 is 0 Å². The monoisotopic (exact) mass is 367 g/mol. The van der Waals surface area contributed by atoms with Crippen molar-refractivity contribution in [1.82, 2.24) is 4.98 Å². The van der Waals surface area contributed by atoms with Crippen LogP contribution in [0.2, 0.25) is 5.15 Å². The van der Waals surface area contributed by atoms with E-state index in [-0.39, 0.29) is 0 Å². The van der Waals surface area contributed by atoms with Gasteiger partial charge in [-0.2, -0.15) is 0 Å². The second-order valence-electron chi connectivity index (χ2n) is 5.33. The van der Waals surface area contributed by atoms with Crippen LogP contribution in [0, 0.1) is 0 Å². The molecule has 0 saturated heterocycles. The van der Waals surface area contributed by atoms with Gasteiger partial charge in [-0.3, -0.25) is 0 Å². The zero-order valence-corrected chi connectivity index (χ0v) is 15.2. The fourth-order valence-electron chi connectivity index (χ4n) is 2.39. The van der Waals surface area contributed by atoms with E-state index in [2.05, 4.69) is 15.3 Å². The molecule has 2 aromatic carbocycles. The maximum absolute atomic E-state index is 6.18. The van der Waals surface area contributed by atoms with E-state index >= 15 is 0 Å². The minimum Gasteiger partial charge on any atom is -0.497 e. The average Bonchev–Trinajstić information content (AvgIpc) is 2.69. The van der Waals surface area contributed by atoms with Crippen molar-refractivity contribution in [1.29, 1.82) is 0 Å². The molecule has 0 spiro atoms. The Morgan fingerprint density at radius 1 is 1.00 bits per heavy atom. The highest BCUT2D eigenvalue weighted by Crippen LogP contribution is 2.28. The summed E-state index contributed by atoms with van der Waals surface area (Å²) in [5.41, 5.74) is 2.23. The Kier molecular flexibility index (Phi) is 5.71. The lowest BCUT2D eigenvalue weighted by molar-refractivity contribution is 0.394. The summed E-state index contributed by atoms with van der Waals surface area (Å²) in [7, 11) is 3.22. The Bertz CT molecular complexity index is 914. The first-order chi connectivity index (χ1) is 12.7. The molecule has 0 aliphatic carbocycles. The van der Waals surface area contributed by atoms with E-state index in [1.807, 2.05) is 48.5 Å². The van der Waals surface area contributed by atoms with E-state index in [4.69, 9.17) is 21.1 Å². The summed E-state index contributed by atoms with van der Waals surface area (Å²) in [4.78, 5) is 8.76. The Hall–Kier alpha value is -3.05. The number of amidine groups is 1. The van der Waals surface area contributed by atoms with Gasteiger partial charge < -0.3 is 14.8 Å². The first-order valence-corrected chi connectivity index (χ1v) is 8.32. The van der Waals surface area contributed by atoms with E-state index in [0.29, 0.717) is 28.2 Å². The predicted molar refractivity (Wildman–Crippen MR) is 105 cm³/mol. The summed E-state index contributed by atoms with van der Waals surface area (Å²) in [5.74, 6) is 1.92. The Morgan fingerprint density at radius 2 is 1.81 bits per heavy atom. The molecule has 0 fully saturated rings. The zero-order valence-electron chi connectivity index (χ0n) is 14.4. The summed E-state index contributed by atoms with van der Waals surface area (Å²) in [6, 6.07) is 18.9. The number of benzene rings is 2. The third-order valence-electron chi connectivity index (χ3n) is 3.67. The van der Waals surface area contributed by atoms with Crippen molar-refractivity contribution in [3.05, 3.63) is 77.6 Å². The number of nitrogens with zero attached hydrogens (tertiary/aromatic N) is 2. The van der Waals surface area contributed by atoms with Crippen molar-refractivity contribution in [3.63, 3.8) is 0 Å². The van der Waals surface area contributed by atoms with Gasteiger partial charge in [0, 0.05) is 18.0 Å². The maximum Gasteiger partial charge on any atom is 0.154 e. The number of rotatable bonds is 5. The molecule has 0 amide bonds. The normalized spacial score (nSPS) is 11.1. The standard InChI is InChI=1S/C20H18ClN3O2/c1-25-15-10-11-16(18(13-15)26-2)20(23-14-7-4-3-5-8-14)24-17-9-6-12-22-19(17)21/h3-13H,1-2H3,(H,23,24). The molecule has 0 saturated carbocycles. The van der Waals surface area contributed by atoms with Crippen LogP contribution in [-0.2, 0) is 0 Å². The first-order valence-electron chi connectivity index (χ1n) is 7.95. The van der Waals surface area contributed by atoms with Gasteiger partial charge in [-0.25, -0.2) is 9.98 Å². The number of aromatic nitrogens is 1. The topological polar surface area (TPSA) is 55.7 Å². The minimum absolute atomic E-state index is 0.326. The molecule has 132 valence electrons. The number of ether oxygens (including phenoxy) is 2. The van der Waals surface area contributed by atoms with Gasteiger partial charge in [0.15, 0.2) is 5.15 Å². The molecule has 26 heavy (non-hydrogen) atoms. The van der Waals surface area contributed by atoms with Crippen LogP contribution in [0.5, 0.6) is 11.5 Å². The van der Waals surface area contributed by atoms with Crippen LogP contribution >= 0.6 is 11.6 Å². The van der Waals surface area contributed by atoms with Crippen molar-refractivity contribution in [2.45, 2.75) is 0 Å². The van der Waals surface area contributed by atoms with Crippen LogP contribution in [0.3, 0.4) is 0 Å². The quantitative estimate of drug-likeness (QED) is 0.394. The largest absolute Gasteiger partial charge is 0.497 e. The summed E-state index contributed by atoms with van der Waals surface area (Å²) < 4.78 is 10.8. The van der Waals surface area contributed by atoms with Crippen molar-refractivity contribution < 1.29 is 9.47 Å². The minimum atomic E-state index is 0.326. The van der Waals surface area contributed by atoms with Gasteiger partial charge in [-0.15, -0.1) is 0 Å². The number of aliphatic imine (C=N–C) groups is 1. The van der Waals surface area contributed by atoms with Gasteiger partial charge in [0.2, 0.25) is 0 Å². The first kappa shape index (κ1) is 17.8. The molecular formula is C20H18ClN3O2. The van der Waals surface area contributed by atoms with Gasteiger partial charge in [0.25, 0.3) is 0 Å². The number of para-hydroxylation sites is 1. The molecule has 1 heterocycles.